The largest absolute Gasteiger partial charge is 0.262 e. The van der Waals surface area contributed by atoms with Gasteiger partial charge in [-0.25, -0.2) is 9.97 Å². The lowest BCUT2D eigenvalue weighted by atomic mass is 10.3. The lowest BCUT2D eigenvalue weighted by Crippen LogP contribution is -1.93. The van der Waals surface area contributed by atoms with Crippen molar-refractivity contribution >= 4 is 17.2 Å². The zero-order valence-corrected chi connectivity index (χ0v) is 8.70. The quantitative estimate of drug-likeness (QED) is 0.631. The summed E-state index contributed by atoms with van der Waals surface area (Å²) >= 11 is 6.03. The molecule has 0 N–H and O–H groups in total. The summed E-state index contributed by atoms with van der Waals surface area (Å²) in [5, 5.41) is 8.45. The van der Waals surface area contributed by atoms with Crippen molar-refractivity contribution in [3.63, 3.8) is 0 Å². The average Bonchev–Trinajstić information content (AvgIpc) is 2.75. The van der Waals surface area contributed by atoms with Crippen molar-refractivity contribution in [1.29, 1.82) is 0 Å². The van der Waals surface area contributed by atoms with Gasteiger partial charge < -0.3 is 0 Å². The van der Waals surface area contributed by atoms with Gasteiger partial charge in [-0.3, -0.25) is 9.38 Å². The topological polar surface area (TPSA) is 68.9 Å². The highest BCUT2D eigenvalue weighted by molar-refractivity contribution is 6.29. The van der Waals surface area contributed by atoms with Crippen molar-refractivity contribution in [3.05, 3.63) is 36.3 Å². The first-order chi connectivity index (χ1) is 7.86. The Hall–Kier alpha value is -2.08. The Labute approximate surface area is 95.0 Å². The molecule has 0 spiro atoms. The van der Waals surface area contributed by atoms with Crippen molar-refractivity contribution in [2.24, 2.45) is 0 Å². The summed E-state index contributed by atoms with van der Waals surface area (Å²) in [7, 11) is 0. The Kier molecular flexibility index (Phi) is 2.00. The van der Waals surface area contributed by atoms with Crippen LogP contribution in [0.3, 0.4) is 0 Å². The number of nitrogens with zero attached hydrogens (tertiary/aromatic N) is 6. The average molecular weight is 233 g/mol. The highest BCUT2D eigenvalue weighted by atomic mass is 35.5. The second-order valence-corrected chi connectivity index (χ2v) is 3.46. The molecule has 0 atom stereocenters. The number of hydrogen-bond donors (Lipinski definition) is 0. The highest BCUT2D eigenvalue weighted by Crippen LogP contribution is 2.19. The zero-order chi connectivity index (χ0) is 11.0. The van der Waals surface area contributed by atoms with Crippen LogP contribution in [0.2, 0.25) is 5.15 Å². The van der Waals surface area contributed by atoms with Crippen LogP contribution in [-0.4, -0.2) is 29.5 Å². The molecule has 0 amide bonds. The van der Waals surface area contributed by atoms with Crippen LogP contribution in [0.25, 0.3) is 17.0 Å². The maximum atomic E-state index is 6.03. The van der Waals surface area contributed by atoms with Crippen LogP contribution < -0.4 is 0 Å². The van der Waals surface area contributed by atoms with Crippen molar-refractivity contribution < 1.29 is 0 Å². The third kappa shape index (κ3) is 1.31. The van der Waals surface area contributed by atoms with E-state index in [4.69, 9.17) is 11.6 Å². The first-order valence-electron chi connectivity index (χ1n) is 4.46. The summed E-state index contributed by atoms with van der Waals surface area (Å²) in [4.78, 5) is 11.8. The van der Waals surface area contributed by atoms with Gasteiger partial charge in [-0.05, 0) is 0 Å². The van der Waals surface area contributed by atoms with Crippen LogP contribution in [0.15, 0.2) is 31.1 Å². The van der Waals surface area contributed by atoms with Gasteiger partial charge in [-0.2, -0.15) is 0 Å². The van der Waals surface area contributed by atoms with E-state index in [1.165, 1.54) is 12.5 Å². The molecular weight excluding hydrogens is 228 g/mol. The molecule has 78 valence electrons. The first kappa shape index (κ1) is 9.17. The molecule has 3 heterocycles. The van der Waals surface area contributed by atoms with Gasteiger partial charge in [0.05, 0.1) is 18.0 Å². The van der Waals surface area contributed by atoms with E-state index in [9.17, 15) is 0 Å². The summed E-state index contributed by atoms with van der Waals surface area (Å²) in [6.45, 7) is 0. The molecule has 7 heteroatoms. The molecule has 0 saturated heterocycles. The lowest BCUT2D eigenvalue weighted by Gasteiger charge is -1.99. The first-order valence-corrected chi connectivity index (χ1v) is 4.84. The van der Waals surface area contributed by atoms with Gasteiger partial charge in [0.15, 0.2) is 11.5 Å². The van der Waals surface area contributed by atoms with Crippen molar-refractivity contribution in [1.82, 2.24) is 29.5 Å². The third-order valence-electron chi connectivity index (χ3n) is 2.09. The molecule has 0 radical (unpaired) electrons. The highest BCUT2D eigenvalue weighted by Gasteiger charge is 2.10. The van der Waals surface area contributed by atoms with E-state index in [2.05, 4.69) is 25.1 Å². The Balaban J connectivity index is 2.33. The number of aromatic nitrogens is 6. The second-order valence-electron chi connectivity index (χ2n) is 3.07. The molecular formula is C9H5ClN6. The van der Waals surface area contributed by atoms with Gasteiger partial charge in [0.1, 0.15) is 11.5 Å². The van der Waals surface area contributed by atoms with E-state index in [-0.39, 0.29) is 0 Å². The van der Waals surface area contributed by atoms with Crippen LogP contribution in [0.1, 0.15) is 0 Å². The van der Waals surface area contributed by atoms with Crippen LogP contribution in [-0.2, 0) is 0 Å². The zero-order valence-electron chi connectivity index (χ0n) is 7.95. The summed E-state index contributed by atoms with van der Waals surface area (Å²) in [6.07, 6.45) is 7.88. The lowest BCUT2D eigenvalue weighted by molar-refractivity contribution is 1.08. The van der Waals surface area contributed by atoms with E-state index < -0.39 is 0 Å². The van der Waals surface area contributed by atoms with Crippen molar-refractivity contribution in [2.75, 3.05) is 0 Å². The van der Waals surface area contributed by atoms with Crippen LogP contribution in [0.4, 0.5) is 0 Å². The van der Waals surface area contributed by atoms with E-state index in [1.54, 1.807) is 23.0 Å². The maximum Gasteiger partial charge on any atom is 0.180 e. The van der Waals surface area contributed by atoms with E-state index in [0.29, 0.717) is 16.6 Å². The van der Waals surface area contributed by atoms with E-state index in [1.807, 2.05) is 0 Å². The van der Waals surface area contributed by atoms with Gasteiger partial charge in [0, 0.05) is 12.4 Å². The molecule has 0 aliphatic rings. The summed E-state index contributed by atoms with van der Waals surface area (Å²) in [6, 6.07) is 0. The maximum absolute atomic E-state index is 6.03. The third-order valence-corrected chi connectivity index (χ3v) is 2.36. The minimum atomic E-state index is 0.446. The van der Waals surface area contributed by atoms with Crippen molar-refractivity contribution in [2.45, 2.75) is 0 Å². The van der Waals surface area contributed by atoms with Gasteiger partial charge in [0.25, 0.3) is 0 Å². The van der Waals surface area contributed by atoms with Gasteiger partial charge in [-0.15, -0.1) is 10.2 Å². The number of rotatable bonds is 1. The Morgan fingerprint density at radius 2 is 1.75 bits per heavy atom. The minimum absolute atomic E-state index is 0.446. The summed E-state index contributed by atoms with van der Waals surface area (Å²) < 4.78 is 1.69. The SMILES string of the molecule is Clc1cncc2nnc(-c3cncnc3)n12. The predicted octanol–water partition coefficient (Wildman–Crippen LogP) is 1.23. The Morgan fingerprint density at radius 3 is 2.56 bits per heavy atom. The molecule has 0 aromatic carbocycles. The van der Waals surface area contributed by atoms with E-state index >= 15 is 0 Å². The number of halogens is 1. The molecule has 3 rings (SSSR count). The van der Waals surface area contributed by atoms with Crippen LogP contribution in [0.5, 0.6) is 0 Å². The predicted molar refractivity (Wildman–Crippen MR) is 56.8 cm³/mol. The normalized spacial score (nSPS) is 10.8. The second kappa shape index (κ2) is 3.49. The fraction of sp³-hybridized carbons (Fsp3) is 0. The summed E-state index contributed by atoms with van der Waals surface area (Å²) in [5.74, 6) is 0.600. The molecule has 3 aromatic heterocycles. The standard InChI is InChI=1S/C9H5ClN6/c10-7-3-11-4-8-14-15-9(16(7)8)6-1-12-5-13-2-6/h1-5H. The van der Waals surface area contributed by atoms with Crippen molar-refractivity contribution in [3.8, 4) is 11.4 Å². The number of hydrogen-bond acceptors (Lipinski definition) is 5. The molecule has 3 aromatic rings. The van der Waals surface area contributed by atoms with Gasteiger partial charge in [-0.1, -0.05) is 11.6 Å². The molecule has 0 aliphatic heterocycles. The molecule has 0 unspecified atom stereocenters. The molecule has 0 bridgehead atoms. The number of fused-ring (bicyclic) bond motifs is 1. The smallest absolute Gasteiger partial charge is 0.180 e. The van der Waals surface area contributed by atoms with Crippen LogP contribution in [0, 0.1) is 0 Å². The Bertz CT molecular complexity index is 635. The van der Waals surface area contributed by atoms with Crippen LogP contribution >= 0.6 is 11.6 Å². The Morgan fingerprint density at radius 1 is 0.938 bits per heavy atom. The fourth-order valence-corrected chi connectivity index (χ4v) is 1.64. The molecule has 6 nitrogen and oxygen atoms in total. The summed E-state index contributed by atoms with van der Waals surface area (Å²) in [5.41, 5.74) is 1.34. The molecule has 0 fully saturated rings. The van der Waals surface area contributed by atoms with Gasteiger partial charge >= 0.3 is 0 Å². The molecule has 0 saturated carbocycles. The van der Waals surface area contributed by atoms with Gasteiger partial charge in [0.2, 0.25) is 0 Å². The fourth-order valence-electron chi connectivity index (χ4n) is 1.42. The minimum Gasteiger partial charge on any atom is -0.262 e. The van der Waals surface area contributed by atoms with E-state index in [0.717, 1.165) is 5.56 Å². The monoisotopic (exact) mass is 232 g/mol. The molecule has 0 aliphatic carbocycles. The molecule has 16 heavy (non-hydrogen) atoms.